The molecule has 35 heavy (non-hydrogen) atoms. The summed E-state index contributed by atoms with van der Waals surface area (Å²) in [5.74, 6) is 0.331. The third kappa shape index (κ3) is 5.80. The van der Waals surface area contributed by atoms with Crippen LogP contribution in [0.25, 0.3) is 0 Å². The number of anilines is 1. The molecule has 3 saturated heterocycles. The molecule has 3 aliphatic heterocycles. The minimum Gasteiger partial charge on any atom is -0.368 e. The van der Waals surface area contributed by atoms with Crippen molar-refractivity contribution in [2.24, 2.45) is 0 Å². The average Bonchev–Trinajstić information content (AvgIpc) is 3.33. The van der Waals surface area contributed by atoms with Crippen molar-refractivity contribution in [1.82, 2.24) is 20.4 Å². The van der Waals surface area contributed by atoms with Gasteiger partial charge in [-0.2, -0.15) is 0 Å². The van der Waals surface area contributed by atoms with Gasteiger partial charge in [0.1, 0.15) is 0 Å². The second-order valence-corrected chi connectivity index (χ2v) is 10.2. The molecule has 2 N–H and O–H groups in total. The van der Waals surface area contributed by atoms with E-state index in [-0.39, 0.29) is 29.9 Å². The Balaban J connectivity index is 1.10. The number of fused-ring (bicyclic) bond motifs is 1. The molecule has 3 fully saturated rings. The lowest BCUT2D eigenvalue weighted by Gasteiger charge is -2.38. The van der Waals surface area contributed by atoms with Crippen molar-refractivity contribution < 1.29 is 9.59 Å². The van der Waals surface area contributed by atoms with E-state index in [0.29, 0.717) is 13.0 Å². The summed E-state index contributed by atoms with van der Waals surface area (Å²) in [5.41, 5.74) is 2.36. The van der Waals surface area contributed by atoms with Gasteiger partial charge >= 0.3 is 0 Å². The third-order valence-corrected chi connectivity index (χ3v) is 7.79. The van der Waals surface area contributed by atoms with Crippen LogP contribution in [0.1, 0.15) is 24.8 Å². The molecule has 0 bridgehead atoms. The molecule has 0 aromatic heterocycles. The minimum atomic E-state index is -0.116. The van der Waals surface area contributed by atoms with Crippen molar-refractivity contribution in [2.45, 2.75) is 43.9 Å². The Bertz CT molecular complexity index is 1030. The van der Waals surface area contributed by atoms with E-state index in [2.05, 4.69) is 50.8 Å². The van der Waals surface area contributed by atoms with Crippen LogP contribution in [0.3, 0.4) is 0 Å². The molecule has 3 atom stereocenters. The lowest BCUT2D eigenvalue weighted by Crippen LogP contribution is -2.58. The van der Waals surface area contributed by atoms with Crippen molar-refractivity contribution in [3.8, 4) is 0 Å². The second kappa shape index (κ2) is 11.0. The summed E-state index contributed by atoms with van der Waals surface area (Å²) >= 11 is 6.11. The number of hydrogen-bond donors (Lipinski definition) is 2. The van der Waals surface area contributed by atoms with E-state index in [4.69, 9.17) is 11.6 Å². The molecule has 3 aliphatic rings. The Morgan fingerprint density at radius 2 is 1.86 bits per heavy atom. The number of carbonyl (C=O) groups excluding carboxylic acids is 2. The summed E-state index contributed by atoms with van der Waals surface area (Å²) < 4.78 is 0. The highest BCUT2D eigenvalue weighted by atomic mass is 35.5. The van der Waals surface area contributed by atoms with E-state index in [0.717, 1.165) is 62.7 Å². The Hall–Kier alpha value is -2.61. The summed E-state index contributed by atoms with van der Waals surface area (Å²) in [6.45, 7) is 5.42. The van der Waals surface area contributed by atoms with Crippen LogP contribution in [-0.2, 0) is 16.1 Å². The van der Waals surface area contributed by atoms with Gasteiger partial charge in [0.05, 0.1) is 6.04 Å². The maximum atomic E-state index is 13.0. The van der Waals surface area contributed by atoms with E-state index in [9.17, 15) is 9.59 Å². The lowest BCUT2D eigenvalue weighted by molar-refractivity contribution is -0.132. The van der Waals surface area contributed by atoms with Crippen LogP contribution in [-0.4, -0.2) is 79.0 Å². The van der Waals surface area contributed by atoms with Gasteiger partial charge in [-0.25, -0.2) is 0 Å². The van der Waals surface area contributed by atoms with Gasteiger partial charge in [0.25, 0.3) is 0 Å². The standard InChI is InChI=1S/C27H34ClN5O2/c28-21-6-4-5-20(15-21)17-29-22-16-25-27(35)30-18-24(33(25)19-22)9-10-26(34)32-13-11-31(12-14-32)23-7-2-1-3-8-23/h1-8,15,22,24-25,29H,9-14,16-19H2,(H,30,35). The molecular formula is C27H34ClN5O2. The maximum Gasteiger partial charge on any atom is 0.237 e. The first-order valence-corrected chi connectivity index (χ1v) is 13.0. The van der Waals surface area contributed by atoms with Crippen molar-refractivity contribution in [3.05, 3.63) is 65.2 Å². The van der Waals surface area contributed by atoms with E-state index in [1.165, 1.54) is 5.69 Å². The second-order valence-electron chi connectivity index (χ2n) is 9.80. The molecule has 3 unspecified atom stereocenters. The summed E-state index contributed by atoms with van der Waals surface area (Å²) in [5, 5.41) is 7.41. The van der Waals surface area contributed by atoms with E-state index >= 15 is 0 Å². The van der Waals surface area contributed by atoms with Gasteiger partial charge in [-0.3, -0.25) is 14.5 Å². The zero-order valence-corrected chi connectivity index (χ0v) is 20.8. The molecule has 0 aliphatic carbocycles. The topological polar surface area (TPSA) is 67.9 Å². The number of para-hydroxylation sites is 1. The van der Waals surface area contributed by atoms with Gasteiger partial charge in [0, 0.05) is 75.0 Å². The van der Waals surface area contributed by atoms with Crippen LogP contribution in [0.4, 0.5) is 5.69 Å². The first-order chi connectivity index (χ1) is 17.1. The Kier molecular flexibility index (Phi) is 7.56. The maximum absolute atomic E-state index is 13.0. The van der Waals surface area contributed by atoms with Gasteiger partial charge in [0.15, 0.2) is 0 Å². The molecule has 7 nitrogen and oxygen atoms in total. The van der Waals surface area contributed by atoms with E-state index in [1.807, 2.05) is 29.2 Å². The largest absolute Gasteiger partial charge is 0.368 e. The Morgan fingerprint density at radius 1 is 1.06 bits per heavy atom. The smallest absolute Gasteiger partial charge is 0.237 e. The van der Waals surface area contributed by atoms with Crippen LogP contribution in [0.15, 0.2) is 54.6 Å². The van der Waals surface area contributed by atoms with Gasteiger partial charge in [0.2, 0.25) is 11.8 Å². The third-order valence-electron chi connectivity index (χ3n) is 7.55. The number of amides is 2. The van der Waals surface area contributed by atoms with Crippen LogP contribution >= 0.6 is 11.6 Å². The Morgan fingerprint density at radius 3 is 2.63 bits per heavy atom. The number of halogens is 1. The summed E-state index contributed by atoms with van der Waals surface area (Å²) in [4.78, 5) is 32.2. The van der Waals surface area contributed by atoms with Crippen molar-refractivity contribution in [3.63, 3.8) is 0 Å². The SMILES string of the molecule is O=C1NCC(CCC(=O)N2CCN(c3ccccc3)CC2)N2CC(NCc3cccc(Cl)c3)CC12. The molecule has 5 rings (SSSR count). The Labute approximate surface area is 212 Å². The number of carbonyl (C=O) groups is 2. The molecule has 2 aromatic rings. The van der Waals surface area contributed by atoms with Crippen LogP contribution < -0.4 is 15.5 Å². The van der Waals surface area contributed by atoms with Gasteiger partial charge in [-0.1, -0.05) is 41.9 Å². The quantitative estimate of drug-likeness (QED) is 0.617. The number of rotatable bonds is 7. The highest BCUT2D eigenvalue weighted by molar-refractivity contribution is 6.30. The van der Waals surface area contributed by atoms with Crippen LogP contribution in [0, 0.1) is 0 Å². The van der Waals surface area contributed by atoms with Gasteiger partial charge in [-0.15, -0.1) is 0 Å². The van der Waals surface area contributed by atoms with Crippen LogP contribution in [0.2, 0.25) is 5.02 Å². The molecule has 2 aromatic carbocycles. The first kappa shape index (κ1) is 24.1. The highest BCUT2D eigenvalue weighted by Crippen LogP contribution is 2.26. The molecule has 186 valence electrons. The number of benzene rings is 2. The summed E-state index contributed by atoms with van der Waals surface area (Å²) in [6, 6.07) is 18.6. The fraction of sp³-hybridized carbons (Fsp3) is 0.481. The predicted molar refractivity (Wildman–Crippen MR) is 138 cm³/mol. The van der Waals surface area contributed by atoms with Crippen LogP contribution in [0.5, 0.6) is 0 Å². The fourth-order valence-electron chi connectivity index (χ4n) is 5.60. The number of piperazine rings is 2. The van der Waals surface area contributed by atoms with E-state index < -0.39 is 0 Å². The lowest BCUT2D eigenvalue weighted by atomic mass is 10.0. The molecule has 3 heterocycles. The summed E-state index contributed by atoms with van der Waals surface area (Å²) in [6.07, 6.45) is 2.09. The predicted octanol–water partition coefficient (Wildman–Crippen LogP) is 2.50. The zero-order valence-electron chi connectivity index (χ0n) is 20.0. The van der Waals surface area contributed by atoms with Gasteiger partial charge < -0.3 is 20.4 Å². The molecule has 0 saturated carbocycles. The van der Waals surface area contributed by atoms with Gasteiger partial charge in [-0.05, 0) is 42.7 Å². The molecule has 2 amide bonds. The van der Waals surface area contributed by atoms with Crippen molar-refractivity contribution in [1.29, 1.82) is 0 Å². The number of hydrogen-bond acceptors (Lipinski definition) is 5. The molecule has 0 spiro atoms. The summed E-state index contributed by atoms with van der Waals surface area (Å²) in [7, 11) is 0. The highest BCUT2D eigenvalue weighted by Gasteiger charge is 2.43. The number of nitrogens with zero attached hydrogens (tertiary/aromatic N) is 3. The molecule has 0 radical (unpaired) electrons. The van der Waals surface area contributed by atoms with Crippen molar-refractivity contribution >= 4 is 29.1 Å². The monoisotopic (exact) mass is 495 g/mol. The van der Waals surface area contributed by atoms with Crippen molar-refractivity contribution in [2.75, 3.05) is 44.2 Å². The van der Waals surface area contributed by atoms with E-state index in [1.54, 1.807) is 0 Å². The molecule has 8 heteroatoms. The fourth-order valence-corrected chi connectivity index (χ4v) is 5.81. The minimum absolute atomic E-state index is 0.108. The zero-order chi connectivity index (χ0) is 24.2. The molecular weight excluding hydrogens is 462 g/mol. The average molecular weight is 496 g/mol. The first-order valence-electron chi connectivity index (χ1n) is 12.7. The number of nitrogens with one attached hydrogen (secondary N) is 2. The normalized spacial score (nSPS) is 24.8.